The third-order valence-corrected chi connectivity index (χ3v) is 4.88. The number of imidazole rings is 1. The minimum Gasteiger partial charge on any atom is -0.475 e. The lowest BCUT2D eigenvalue weighted by Gasteiger charge is -2.08. The number of benzene rings is 1. The van der Waals surface area contributed by atoms with Crippen molar-refractivity contribution in [3.63, 3.8) is 0 Å². The van der Waals surface area contributed by atoms with Gasteiger partial charge < -0.3 is 10.1 Å². The number of aryl methyl sites for hydroxylation is 1. The minimum absolute atomic E-state index is 0.206. The van der Waals surface area contributed by atoms with Crippen LogP contribution in [0.3, 0.4) is 0 Å². The van der Waals surface area contributed by atoms with E-state index < -0.39 is 0 Å². The molecule has 5 rings (SSSR count). The molecule has 0 aliphatic carbocycles. The number of nitrogens with zero attached hydrogens (tertiary/aromatic N) is 6. The molecule has 0 saturated carbocycles. The molecule has 1 amide bonds. The molecular weight excluding hydrogens is 413 g/mol. The first-order chi connectivity index (χ1) is 15.6. The van der Waals surface area contributed by atoms with Gasteiger partial charge in [-0.3, -0.25) is 9.20 Å². The second kappa shape index (κ2) is 8.06. The lowest BCUT2D eigenvalue weighted by Crippen LogP contribution is -2.29. The average molecular weight is 431 g/mol. The van der Waals surface area contributed by atoms with E-state index >= 15 is 0 Å². The number of nitrogens with one attached hydrogen (secondary N) is 1. The van der Waals surface area contributed by atoms with Gasteiger partial charge in [-0.2, -0.15) is 4.52 Å². The summed E-state index contributed by atoms with van der Waals surface area (Å²) in [4.78, 5) is 17.0. The van der Waals surface area contributed by atoms with Crippen LogP contribution in [0.1, 0.15) is 16.2 Å². The summed E-state index contributed by atoms with van der Waals surface area (Å²) in [6.07, 6.45) is 1.80. The van der Waals surface area contributed by atoms with Crippen LogP contribution in [0.25, 0.3) is 22.7 Å². The molecule has 5 aromatic rings. The van der Waals surface area contributed by atoms with Crippen LogP contribution in [-0.2, 0) is 0 Å². The summed E-state index contributed by atoms with van der Waals surface area (Å²) < 4.78 is 22.5. The van der Waals surface area contributed by atoms with Gasteiger partial charge in [0.1, 0.15) is 23.8 Å². The van der Waals surface area contributed by atoms with Crippen molar-refractivity contribution in [2.24, 2.45) is 0 Å². The highest BCUT2D eigenvalue weighted by atomic mass is 19.1. The van der Waals surface area contributed by atoms with E-state index in [1.165, 1.54) is 16.6 Å². The van der Waals surface area contributed by atoms with Gasteiger partial charge in [-0.05, 0) is 37.3 Å². The first-order valence-electron chi connectivity index (χ1n) is 9.93. The number of pyridine rings is 1. The SMILES string of the molecule is Cc1nc2ccccn2c1C(=O)NCCOc1ccc2nnc(-c3cccc(F)c3)n2n1. The molecule has 0 bridgehead atoms. The Morgan fingerprint density at radius 2 is 2.00 bits per heavy atom. The van der Waals surface area contributed by atoms with Gasteiger partial charge in [0.15, 0.2) is 11.5 Å². The maximum absolute atomic E-state index is 13.6. The molecule has 1 N–H and O–H groups in total. The zero-order valence-electron chi connectivity index (χ0n) is 17.1. The summed E-state index contributed by atoms with van der Waals surface area (Å²) in [5, 5.41) is 15.4. The van der Waals surface area contributed by atoms with Gasteiger partial charge in [0.25, 0.3) is 5.91 Å². The number of ether oxygens (including phenoxy) is 1. The number of rotatable bonds is 6. The molecule has 0 saturated heterocycles. The Morgan fingerprint density at radius 1 is 1.09 bits per heavy atom. The standard InChI is InChI=1S/C22H18FN7O2/c1-14-20(29-11-3-2-7-17(29)25-14)22(31)24-10-12-32-19-9-8-18-26-27-21(30(18)28-19)15-5-4-6-16(23)13-15/h2-9,11,13H,10,12H2,1H3,(H,24,31). The van der Waals surface area contributed by atoms with Gasteiger partial charge in [0.2, 0.25) is 5.88 Å². The minimum atomic E-state index is -0.372. The summed E-state index contributed by atoms with van der Waals surface area (Å²) in [6, 6.07) is 15.0. The van der Waals surface area contributed by atoms with Crippen LogP contribution in [0.15, 0.2) is 60.8 Å². The number of hydrogen-bond donors (Lipinski definition) is 1. The third kappa shape index (κ3) is 3.62. The van der Waals surface area contributed by atoms with E-state index in [1.54, 1.807) is 41.8 Å². The van der Waals surface area contributed by atoms with E-state index in [9.17, 15) is 9.18 Å². The highest BCUT2D eigenvalue weighted by Crippen LogP contribution is 2.19. The lowest BCUT2D eigenvalue weighted by molar-refractivity contribution is 0.0940. The highest BCUT2D eigenvalue weighted by Gasteiger charge is 2.16. The largest absolute Gasteiger partial charge is 0.475 e. The van der Waals surface area contributed by atoms with E-state index in [2.05, 4.69) is 25.6 Å². The van der Waals surface area contributed by atoms with Crippen molar-refractivity contribution in [1.29, 1.82) is 0 Å². The monoisotopic (exact) mass is 431 g/mol. The summed E-state index contributed by atoms with van der Waals surface area (Å²) in [5.74, 6) is 0.125. The maximum atomic E-state index is 13.6. The van der Waals surface area contributed by atoms with E-state index in [1.807, 2.05) is 18.2 Å². The van der Waals surface area contributed by atoms with Crippen LogP contribution in [0.2, 0.25) is 0 Å². The predicted octanol–water partition coefficient (Wildman–Crippen LogP) is 2.70. The molecule has 4 aromatic heterocycles. The van der Waals surface area contributed by atoms with Gasteiger partial charge in [-0.25, -0.2) is 9.37 Å². The van der Waals surface area contributed by atoms with E-state index in [0.29, 0.717) is 40.0 Å². The molecule has 0 spiro atoms. The predicted molar refractivity (Wildman–Crippen MR) is 114 cm³/mol. The zero-order chi connectivity index (χ0) is 22.1. The lowest BCUT2D eigenvalue weighted by atomic mass is 10.2. The van der Waals surface area contributed by atoms with Crippen LogP contribution >= 0.6 is 0 Å². The Kier molecular flexibility index (Phi) is 4.94. The Balaban J connectivity index is 1.26. The second-order valence-corrected chi connectivity index (χ2v) is 7.05. The summed E-state index contributed by atoms with van der Waals surface area (Å²) >= 11 is 0. The Bertz CT molecular complexity index is 1440. The van der Waals surface area contributed by atoms with Gasteiger partial charge in [-0.1, -0.05) is 18.2 Å². The molecule has 0 atom stereocenters. The quantitative estimate of drug-likeness (QED) is 0.415. The topological polar surface area (TPSA) is 98.7 Å². The highest BCUT2D eigenvalue weighted by molar-refractivity contribution is 5.94. The molecule has 0 fully saturated rings. The normalized spacial score (nSPS) is 11.2. The van der Waals surface area contributed by atoms with E-state index in [0.717, 1.165) is 0 Å². The number of halogens is 1. The second-order valence-electron chi connectivity index (χ2n) is 7.05. The molecule has 0 aliphatic rings. The number of carbonyl (C=O) groups is 1. The number of fused-ring (bicyclic) bond motifs is 2. The fourth-order valence-electron chi connectivity index (χ4n) is 3.45. The van der Waals surface area contributed by atoms with Crippen molar-refractivity contribution in [3.8, 4) is 17.3 Å². The fraction of sp³-hybridized carbons (Fsp3) is 0.136. The summed E-state index contributed by atoms with van der Waals surface area (Å²) in [7, 11) is 0. The molecule has 4 heterocycles. The van der Waals surface area contributed by atoms with Crippen molar-refractivity contribution in [2.45, 2.75) is 6.92 Å². The van der Waals surface area contributed by atoms with Crippen molar-refractivity contribution in [1.82, 2.24) is 34.5 Å². The zero-order valence-corrected chi connectivity index (χ0v) is 17.1. The molecule has 10 heteroatoms. The fourth-order valence-corrected chi connectivity index (χ4v) is 3.45. The van der Waals surface area contributed by atoms with Gasteiger partial charge in [0, 0.05) is 17.8 Å². The molecule has 0 aliphatic heterocycles. The molecule has 9 nitrogen and oxygen atoms in total. The van der Waals surface area contributed by atoms with Gasteiger partial charge in [-0.15, -0.1) is 15.3 Å². The van der Waals surface area contributed by atoms with E-state index in [4.69, 9.17) is 4.74 Å². The molecule has 0 radical (unpaired) electrons. The molecular formula is C22H18FN7O2. The number of hydrogen-bond acceptors (Lipinski definition) is 6. The molecule has 160 valence electrons. The molecule has 32 heavy (non-hydrogen) atoms. The van der Waals surface area contributed by atoms with Crippen LogP contribution in [0.4, 0.5) is 4.39 Å². The maximum Gasteiger partial charge on any atom is 0.270 e. The molecule has 0 unspecified atom stereocenters. The number of carbonyl (C=O) groups excluding carboxylic acids is 1. The van der Waals surface area contributed by atoms with Crippen molar-refractivity contribution < 1.29 is 13.9 Å². The van der Waals surface area contributed by atoms with Crippen molar-refractivity contribution in [2.75, 3.05) is 13.2 Å². The van der Waals surface area contributed by atoms with Gasteiger partial charge >= 0.3 is 0 Å². The van der Waals surface area contributed by atoms with Gasteiger partial charge in [0.05, 0.1) is 12.2 Å². The number of amides is 1. The average Bonchev–Trinajstić information content (AvgIpc) is 3.36. The first-order valence-corrected chi connectivity index (χ1v) is 9.93. The van der Waals surface area contributed by atoms with Crippen LogP contribution < -0.4 is 10.1 Å². The van der Waals surface area contributed by atoms with Crippen LogP contribution in [0.5, 0.6) is 5.88 Å². The Morgan fingerprint density at radius 3 is 2.88 bits per heavy atom. The third-order valence-electron chi connectivity index (χ3n) is 4.88. The van der Waals surface area contributed by atoms with Crippen LogP contribution in [-0.4, -0.2) is 48.3 Å². The molecule has 1 aromatic carbocycles. The van der Waals surface area contributed by atoms with Crippen molar-refractivity contribution >= 4 is 17.2 Å². The smallest absolute Gasteiger partial charge is 0.270 e. The van der Waals surface area contributed by atoms with Crippen LogP contribution in [0, 0.1) is 12.7 Å². The Labute approximate surface area is 181 Å². The van der Waals surface area contributed by atoms with E-state index in [-0.39, 0.29) is 24.9 Å². The Hall–Kier alpha value is -4.34. The first kappa shape index (κ1) is 19.6. The summed E-state index contributed by atoms with van der Waals surface area (Å²) in [5.41, 5.74) is 2.92. The van der Waals surface area contributed by atoms with Crippen molar-refractivity contribution in [3.05, 3.63) is 78.0 Å². The number of aromatic nitrogens is 6. The summed E-state index contributed by atoms with van der Waals surface area (Å²) in [6.45, 7) is 2.28.